The lowest BCUT2D eigenvalue weighted by Gasteiger charge is -2.60. The summed E-state index contributed by atoms with van der Waals surface area (Å²) in [5.41, 5.74) is 1.02. The largest absolute Gasteiger partial charge is 0.390 e. The van der Waals surface area contributed by atoms with Crippen molar-refractivity contribution in [2.24, 2.45) is 46.3 Å². The molecule has 0 spiro atoms. The van der Waals surface area contributed by atoms with Crippen molar-refractivity contribution in [2.45, 2.75) is 111 Å². The van der Waals surface area contributed by atoms with Crippen LogP contribution in [0.2, 0.25) is 0 Å². The van der Waals surface area contributed by atoms with E-state index in [1.807, 2.05) is 0 Å². The highest BCUT2D eigenvalue weighted by Gasteiger charge is 2.62. The van der Waals surface area contributed by atoms with E-state index in [2.05, 4.69) is 40.7 Å². The standard InChI is InChI=1S/C27H45FO2/c1-16(2)7-6-8-17(3)20-11-12-21-19-10-9-18-15-23(29)24(28)25(30)27(18,5)22(19)13-14-26(20,21)4/h9,16-17,19-25,29-30H,6-8,10-15H2,1-5H3/t17-,19+,20-,21+,22+,23-,24-,25+,26-,27+/m1/s1. The molecule has 4 rings (SSSR count). The second-order valence-corrected chi connectivity index (χ2v) is 12.3. The van der Waals surface area contributed by atoms with Crippen LogP contribution in [0.4, 0.5) is 4.39 Å². The van der Waals surface area contributed by atoms with Crippen LogP contribution in [0.3, 0.4) is 0 Å². The van der Waals surface area contributed by atoms with Crippen molar-refractivity contribution in [2.75, 3.05) is 0 Å². The van der Waals surface area contributed by atoms with Crippen molar-refractivity contribution in [1.82, 2.24) is 0 Å². The maximum atomic E-state index is 14.7. The van der Waals surface area contributed by atoms with Gasteiger partial charge in [0.25, 0.3) is 0 Å². The third kappa shape index (κ3) is 3.41. The number of allylic oxidation sites excluding steroid dienone is 1. The molecule has 0 radical (unpaired) electrons. The molecular formula is C27H45FO2. The highest BCUT2D eigenvalue weighted by Crippen LogP contribution is 2.67. The Kier molecular flexibility index (Phi) is 6.21. The third-order valence-electron chi connectivity index (χ3n) is 10.4. The number of alkyl halides is 1. The lowest BCUT2D eigenvalue weighted by Crippen LogP contribution is -2.59. The summed E-state index contributed by atoms with van der Waals surface area (Å²) in [6.45, 7) is 11.8. The molecule has 10 atom stereocenters. The van der Waals surface area contributed by atoms with Crippen molar-refractivity contribution in [3.63, 3.8) is 0 Å². The van der Waals surface area contributed by atoms with Gasteiger partial charge in [-0.05, 0) is 79.4 Å². The molecule has 0 aromatic rings. The van der Waals surface area contributed by atoms with Gasteiger partial charge in [-0.3, -0.25) is 0 Å². The fraction of sp³-hybridized carbons (Fsp3) is 0.926. The van der Waals surface area contributed by atoms with Gasteiger partial charge in [0.05, 0.1) is 12.2 Å². The summed E-state index contributed by atoms with van der Waals surface area (Å²) in [6, 6.07) is 0. The normalized spacial score (nSPS) is 49.2. The molecule has 0 aromatic heterocycles. The molecule has 4 aliphatic carbocycles. The molecule has 0 saturated heterocycles. The van der Waals surface area contributed by atoms with E-state index in [0.29, 0.717) is 29.6 Å². The van der Waals surface area contributed by atoms with E-state index in [4.69, 9.17) is 0 Å². The Bertz CT molecular complexity index is 659. The SMILES string of the molecule is CC(C)CCC[C@@H](C)[C@H]1CC[C@H]2[C@@H]3CC=C4C[C@@H](O)[C@@H](F)[C@H](O)[C@]4(C)[C@H]3CC[C@]12C. The number of fused-ring (bicyclic) bond motifs is 5. The second kappa shape index (κ2) is 8.18. The summed E-state index contributed by atoms with van der Waals surface area (Å²) in [5.74, 6) is 3.99. The fourth-order valence-electron chi connectivity index (χ4n) is 8.71. The Morgan fingerprint density at radius 1 is 1.07 bits per heavy atom. The van der Waals surface area contributed by atoms with Crippen LogP contribution in [0.25, 0.3) is 0 Å². The maximum Gasteiger partial charge on any atom is 0.153 e. The minimum Gasteiger partial charge on any atom is -0.390 e. The van der Waals surface area contributed by atoms with Crippen LogP contribution in [-0.4, -0.2) is 28.6 Å². The zero-order chi connectivity index (χ0) is 21.8. The predicted octanol–water partition coefficient (Wildman–Crippen LogP) is 6.31. The number of hydrogen-bond donors (Lipinski definition) is 2. The van der Waals surface area contributed by atoms with E-state index in [1.165, 1.54) is 38.5 Å². The highest BCUT2D eigenvalue weighted by molar-refractivity contribution is 5.29. The topological polar surface area (TPSA) is 40.5 Å². The van der Waals surface area contributed by atoms with E-state index < -0.39 is 23.8 Å². The van der Waals surface area contributed by atoms with Crippen LogP contribution < -0.4 is 0 Å². The van der Waals surface area contributed by atoms with Gasteiger partial charge in [-0.15, -0.1) is 0 Å². The quantitative estimate of drug-likeness (QED) is 0.512. The molecule has 4 aliphatic rings. The Hall–Kier alpha value is -0.410. The Morgan fingerprint density at radius 2 is 1.80 bits per heavy atom. The Balaban J connectivity index is 1.53. The lowest BCUT2D eigenvalue weighted by molar-refractivity contribution is -0.140. The van der Waals surface area contributed by atoms with Crippen LogP contribution >= 0.6 is 0 Å². The van der Waals surface area contributed by atoms with Crippen LogP contribution in [0.5, 0.6) is 0 Å². The monoisotopic (exact) mass is 420 g/mol. The van der Waals surface area contributed by atoms with Crippen molar-refractivity contribution >= 4 is 0 Å². The van der Waals surface area contributed by atoms with Gasteiger partial charge < -0.3 is 10.2 Å². The first kappa shape index (κ1) is 22.8. The summed E-state index contributed by atoms with van der Waals surface area (Å²) in [5, 5.41) is 21.1. The molecule has 3 fully saturated rings. The van der Waals surface area contributed by atoms with Gasteiger partial charge in [0.1, 0.15) is 0 Å². The average Bonchev–Trinajstić information content (AvgIpc) is 3.04. The third-order valence-corrected chi connectivity index (χ3v) is 10.4. The van der Waals surface area contributed by atoms with E-state index in [9.17, 15) is 14.6 Å². The number of rotatable bonds is 5. The van der Waals surface area contributed by atoms with Gasteiger partial charge in [-0.25, -0.2) is 4.39 Å². The van der Waals surface area contributed by atoms with Gasteiger partial charge >= 0.3 is 0 Å². The van der Waals surface area contributed by atoms with Crippen molar-refractivity contribution in [1.29, 1.82) is 0 Å². The van der Waals surface area contributed by atoms with E-state index >= 15 is 0 Å². The first-order valence-corrected chi connectivity index (χ1v) is 12.8. The molecule has 0 unspecified atom stereocenters. The lowest BCUT2D eigenvalue weighted by atomic mass is 9.46. The maximum absolute atomic E-state index is 14.7. The first-order valence-electron chi connectivity index (χ1n) is 12.8. The summed E-state index contributed by atoms with van der Waals surface area (Å²) in [4.78, 5) is 0. The molecule has 2 N–H and O–H groups in total. The molecule has 0 bridgehead atoms. The van der Waals surface area contributed by atoms with E-state index in [1.54, 1.807) is 0 Å². The molecule has 30 heavy (non-hydrogen) atoms. The summed E-state index contributed by atoms with van der Waals surface area (Å²) < 4.78 is 14.7. The molecule has 0 amide bonds. The molecular weight excluding hydrogens is 375 g/mol. The van der Waals surface area contributed by atoms with Gasteiger partial charge in [0.2, 0.25) is 0 Å². The molecule has 3 saturated carbocycles. The summed E-state index contributed by atoms with van der Waals surface area (Å²) in [7, 11) is 0. The van der Waals surface area contributed by atoms with Crippen LogP contribution in [-0.2, 0) is 0 Å². The molecule has 0 heterocycles. The van der Waals surface area contributed by atoms with Crippen molar-refractivity contribution in [3.05, 3.63) is 11.6 Å². The molecule has 0 aliphatic heterocycles. The minimum atomic E-state index is -1.52. The number of hydrogen-bond acceptors (Lipinski definition) is 2. The average molecular weight is 421 g/mol. The Labute approximate surface area is 183 Å². The molecule has 2 nitrogen and oxygen atoms in total. The zero-order valence-corrected chi connectivity index (χ0v) is 19.9. The Morgan fingerprint density at radius 3 is 2.50 bits per heavy atom. The number of halogens is 1. The molecule has 3 heteroatoms. The van der Waals surface area contributed by atoms with Gasteiger partial charge in [0, 0.05) is 5.41 Å². The van der Waals surface area contributed by atoms with Gasteiger partial charge in [-0.2, -0.15) is 0 Å². The van der Waals surface area contributed by atoms with Crippen LogP contribution in [0.15, 0.2) is 11.6 Å². The number of aliphatic hydroxyl groups is 2. The summed E-state index contributed by atoms with van der Waals surface area (Å²) in [6.07, 6.45) is 9.08. The smallest absolute Gasteiger partial charge is 0.153 e. The van der Waals surface area contributed by atoms with Crippen LogP contribution in [0.1, 0.15) is 92.4 Å². The van der Waals surface area contributed by atoms with Gasteiger partial charge in [-0.1, -0.05) is 65.5 Å². The van der Waals surface area contributed by atoms with E-state index in [-0.39, 0.29) is 0 Å². The molecule has 0 aromatic carbocycles. The number of aliphatic hydroxyl groups excluding tert-OH is 2. The fourth-order valence-corrected chi connectivity index (χ4v) is 8.71. The highest BCUT2D eigenvalue weighted by atomic mass is 19.1. The minimum absolute atomic E-state index is 0.353. The summed E-state index contributed by atoms with van der Waals surface area (Å²) >= 11 is 0. The van der Waals surface area contributed by atoms with Crippen molar-refractivity contribution < 1.29 is 14.6 Å². The van der Waals surface area contributed by atoms with Crippen LogP contribution in [0, 0.1) is 46.3 Å². The van der Waals surface area contributed by atoms with Gasteiger partial charge in [0.15, 0.2) is 6.17 Å². The molecule has 172 valence electrons. The van der Waals surface area contributed by atoms with Crippen molar-refractivity contribution in [3.8, 4) is 0 Å². The van der Waals surface area contributed by atoms with E-state index in [0.717, 1.165) is 36.2 Å². The second-order valence-electron chi connectivity index (χ2n) is 12.3. The zero-order valence-electron chi connectivity index (χ0n) is 19.9. The first-order chi connectivity index (χ1) is 14.1. The predicted molar refractivity (Wildman–Crippen MR) is 121 cm³/mol.